The number of aromatic nitrogens is 3. The van der Waals surface area contributed by atoms with Crippen molar-refractivity contribution in [1.29, 1.82) is 0 Å². The Morgan fingerprint density at radius 1 is 1.33 bits per heavy atom. The van der Waals surface area contributed by atoms with Crippen LogP contribution in [0.15, 0.2) is 28.7 Å². The van der Waals surface area contributed by atoms with E-state index in [1.807, 2.05) is 12.1 Å². The van der Waals surface area contributed by atoms with Crippen molar-refractivity contribution < 1.29 is 13.9 Å². The Morgan fingerprint density at radius 2 is 2.23 bits per heavy atom. The van der Waals surface area contributed by atoms with Gasteiger partial charge < -0.3 is 19.4 Å². The maximum absolute atomic E-state index is 11.7. The zero-order chi connectivity index (χ0) is 20.7. The zero-order valence-electron chi connectivity index (χ0n) is 16.7. The molecule has 2 bridgehead atoms. The van der Waals surface area contributed by atoms with Crippen molar-refractivity contribution >= 4 is 28.5 Å². The summed E-state index contributed by atoms with van der Waals surface area (Å²) in [6, 6.07) is 8.35. The van der Waals surface area contributed by atoms with E-state index in [0.717, 1.165) is 22.6 Å². The molecule has 0 aliphatic carbocycles. The number of nitrogens with zero attached hydrogens (tertiary/aromatic N) is 4. The Bertz CT molecular complexity index is 1080. The Hall–Kier alpha value is -2.98. The first kappa shape index (κ1) is 19.0. The summed E-state index contributed by atoms with van der Waals surface area (Å²) in [4.78, 5) is 19.5. The number of urea groups is 1. The molecule has 1 fully saturated rings. The molecular weight excluding hydrogens is 404 g/mol. The number of fused-ring (bicyclic) bond motifs is 4. The van der Waals surface area contributed by atoms with Gasteiger partial charge in [-0.3, -0.25) is 5.32 Å². The number of amides is 2. The fraction of sp³-hybridized carbons (Fsp3) is 0.400. The lowest BCUT2D eigenvalue weighted by Crippen LogP contribution is -2.51. The third-order valence-electron chi connectivity index (χ3n) is 5.44. The van der Waals surface area contributed by atoms with Crippen LogP contribution in [0.3, 0.4) is 0 Å². The molecule has 3 aromatic rings. The molecule has 2 aromatic heterocycles. The van der Waals surface area contributed by atoms with Crippen LogP contribution in [0, 0.1) is 0 Å². The second kappa shape index (κ2) is 7.69. The third-order valence-corrected chi connectivity index (χ3v) is 6.55. The summed E-state index contributed by atoms with van der Waals surface area (Å²) in [7, 11) is 1.58. The summed E-state index contributed by atoms with van der Waals surface area (Å²) in [6.07, 6.45) is 1.64. The Morgan fingerprint density at radius 3 is 3.07 bits per heavy atom. The van der Waals surface area contributed by atoms with Crippen molar-refractivity contribution in [3.05, 3.63) is 40.4 Å². The molecule has 2 atom stereocenters. The van der Waals surface area contributed by atoms with Crippen LogP contribution in [0.5, 0.6) is 0 Å². The van der Waals surface area contributed by atoms with Gasteiger partial charge in [0.25, 0.3) is 0 Å². The number of thiazole rings is 1. The SMILES string of the molecule is CCc1cccc(-c2nnc(N3[C@@H]4COC[C@H]3c3sc(NC(=O)NC)nc3C4)o2)c1. The molecule has 0 spiro atoms. The summed E-state index contributed by atoms with van der Waals surface area (Å²) in [6.45, 7) is 3.19. The minimum atomic E-state index is -0.284. The Kier molecular flexibility index (Phi) is 4.87. The quantitative estimate of drug-likeness (QED) is 0.661. The largest absolute Gasteiger partial charge is 0.403 e. The summed E-state index contributed by atoms with van der Waals surface area (Å²) >= 11 is 1.46. The smallest absolute Gasteiger partial charge is 0.320 e. The van der Waals surface area contributed by atoms with Gasteiger partial charge in [-0.05, 0) is 24.1 Å². The summed E-state index contributed by atoms with van der Waals surface area (Å²) in [5, 5.41) is 14.5. The minimum absolute atomic E-state index is 0.0569. The fourth-order valence-electron chi connectivity index (χ4n) is 3.95. The lowest BCUT2D eigenvalue weighted by atomic mass is 9.97. The molecule has 10 heteroatoms. The minimum Gasteiger partial charge on any atom is -0.403 e. The van der Waals surface area contributed by atoms with Crippen LogP contribution >= 0.6 is 11.3 Å². The maximum atomic E-state index is 11.7. The number of aryl methyl sites for hydroxylation is 1. The molecule has 1 saturated heterocycles. The molecule has 2 aliphatic rings. The van der Waals surface area contributed by atoms with Crippen LogP contribution < -0.4 is 15.5 Å². The van der Waals surface area contributed by atoms with Crippen LogP contribution in [0.4, 0.5) is 15.9 Å². The van der Waals surface area contributed by atoms with E-state index in [4.69, 9.17) is 9.15 Å². The van der Waals surface area contributed by atoms with E-state index < -0.39 is 0 Å². The number of morpholine rings is 1. The van der Waals surface area contributed by atoms with E-state index in [1.165, 1.54) is 16.9 Å². The average Bonchev–Trinajstić information content (AvgIpc) is 3.40. The van der Waals surface area contributed by atoms with Crippen LogP contribution in [-0.2, 0) is 17.6 Å². The third kappa shape index (κ3) is 3.31. The van der Waals surface area contributed by atoms with Gasteiger partial charge in [0.1, 0.15) is 0 Å². The van der Waals surface area contributed by atoms with Gasteiger partial charge in [-0.25, -0.2) is 9.78 Å². The van der Waals surface area contributed by atoms with Gasteiger partial charge in [0.05, 0.1) is 35.9 Å². The highest BCUT2D eigenvalue weighted by atomic mass is 32.1. The molecule has 156 valence electrons. The number of ether oxygens (including phenoxy) is 1. The number of nitrogens with one attached hydrogen (secondary N) is 2. The lowest BCUT2D eigenvalue weighted by Gasteiger charge is -2.43. The van der Waals surface area contributed by atoms with Crippen molar-refractivity contribution in [3.63, 3.8) is 0 Å². The van der Waals surface area contributed by atoms with E-state index in [1.54, 1.807) is 7.05 Å². The normalized spacial score (nSPS) is 20.0. The van der Waals surface area contributed by atoms with Crippen LogP contribution in [0.25, 0.3) is 11.5 Å². The van der Waals surface area contributed by atoms with Gasteiger partial charge in [0.2, 0.25) is 5.89 Å². The van der Waals surface area contributed by atoms with Gasteiger partial charge in [0.15, 0.2) is 5.13 Å². The topological polar surface area (TPSA) is 105 Å². The molecule has 0 unspecified atom stereocenters. The van der Waals surface area contributed by atoms with Gasteiger partial charge in [0, 0.05) is 19.0 Å². The molecule has 0 saturated carbocycles. The van der Waals surface area contributed by atoms with Crippen molar-refractivity contribution in [3.8, 4) is 11.5 Å². The zero-order valence-corrected chi connectivity index (χ0v) is 17.5. The first-order valence-electron chi connectivity index (χ1n) is 9.93. The van der Waals surface area contributed by atoms with E-state index in [-0.39, 0.29) is 18.1 Å². The van der Waals surface area contributed by atoms with Crippen LogP contribution in [-0.4, -0.2) is 47.5 Å². The van der Waals surface area contributed by atoms with Gasteiger partial charge in [-0.1, -0.05) is 35.5 Å². The van der Waals surface area contributed by atoms with Crippen LogP contribution in [0.2, 0.25) is 0 Å². The van der Waals surface area contributed by atoms with E-state index >= 15 is 0 Å². The first-order chi connectivity index (χ1) is 14.7. The summed E-state index contributed by atoms with van der Waals surface area (Å²) < 4.78 is 11.9. The molecule has 2 amide bonds. The number of anilines is 2. The van der Waals surface area contributed by atoms with Gasteiger partial charge >= 0.3 is 12.0 Å². The first-order valence-corrected chi connectivity index (χ1v) is 10.7. The number of hydrogen-bond donors (Lipinski definition) is 2. The van der Waals surface area contributed by atoms with E-state index in [2.05, 4.69) is 49.8 Å². The monoisotopic (exact) mass is 426 g/mol. The predicted molar refractivity (Wildman–Crippen MR) is 113 cm³/mol. The predicted octanol–water partition coefficient (Wildman–Crippen LogP) is 3.01. The van der Waals surface area contributed by atoms with Gasteiger partial charge in [-0.2, -0.15) is 0 Å². The van der Waals surface area contributed by atoms with E-state index in [0.29, 0.717) is 36.7 Å². The second-order valence-corrected chi connectivity index (χ2v) is 8.33. The molecule has 2 aliphatic heterocycles. The highest BCUT2D eigenvalue weighted by Crippen LogP contribution is 2.43. The molecule has 0 radical (unpaired) electrons. The van der Waals surface area contributed by atoms with Crippen LogP contribution in [0.1, 0.15) is 29.1 Å². The Labute approximate surface area is 177 Å². The number of hydrogen-bond acceptors (Lipinski definition) is 8. The highest BCUT2D eigenvalue weighted by molar-refractivity contribution is 7.16. The van der Waals surface area contributed by atoms with Crippen molar-refractivity contribution in [1.82, 2.24) is 20.5 Å². The number of rotatable bonds is 4. The standard InChI is InChI=1S/C20H22N6O3S/c1-3-11-5-4-6-12(7-11)17-24-25-20(29-17)26-13-8-14-16(15(26)10-28-9-13)30-19(22-14)23-18(27)21-2/h4-7,13,15H,3,8-10H2,1-2H3,(H2,21,22,23,27)/t13-,15-/m0/s1. The fourth-order valence-corrected chi connectivity index (χ4v) is 5.02. The highest BCUT2D eigenvalue weighted by Gasteiger charge is 2.43. The second-order valence-electron chi connectivity index (χ2n) is 7.30. The molecule has 30 heavy (non-hydrogen) atoms. The van der Waals surface area contributed by atoms with Gasteiger partial charge in [-0.15, -0.1) is 5.10 Å². The summed E-state index contributed by atoms with van der Waals surface area (Å²) in [5.41, 5.74) is 3.14. The van der Waals surface area contributed by atoms with Crippen molar-refractivity contribution in [2.24, 2.45) is 0 Å². The number of carbonyl (C=O) groups is 1. The summed E-state index contributed by atoms with van der Waals surface area (Å²) in [5.74, 6) is 0.511. The van der Waals surface area contributed by atoms with Crippen molar-refractivity contribution in [2.75, 3.05) is 30.5 Å². The molecule has 4 heterocycles. The molecule has 2 N–H and O–H groups in total. The number of benzene rings is 1. The average molecular weight is 427 g/mol. The molecular formula is C20H22N6O3S. The molecule has 1 aromatic carbocycles. The van der Waals surface area contributed by atoms with Crippen molar-refractivity contribution in [2.45, 2.75) is 31.8 Å². The molecule has 9 nitrogen and oxygen atoms in total. The maximum Gasteiger partial charge on any atom is 0.320 e. The Balaban J connectivity index is 1.46. The lowest BCUT2D eigenvalue weighted by molar-refractivity contribution is 0.0578. The van der Waals surface area contributed by atoms with E-state index in [9.17, 15) is 4.79 Å². The number of carbonyl (C=O) groups excluding carboxylic acids is 1. The molecule has 5 rings (SSSR count).